The average Bonchev–Trinajstić information content (AvgIpc) is 2.24. The molecule has 1 aromatic carbocycles. The Labute approximate surface area is 103 Å². The minimum atomic E-state index is 0.0560. The first-order chi connectivity index (χ1) is 7.60. The molecule has 0 spiro atoms. The molecule has 0 bridgehead atoms. The first kappa shape index (κ1) is 13.4. The van der Waals surface area contributed by atoms with Crippen molar-refractivity contribution in [2.24, 2.45) is 5.73 Å². The zero-order valence-corrected chi connectivity index (χ0v) is 11.4. The Balaban J connectivity index is 3.01. The summed E-state index contributed by atoms with van der Waals surface area (Å²) in [7, 11) is 1.71. The quantitative estimate of drug-likeness (QED) is 0.857. The van der Waals surface area contributed by atoms with Crippen LogP contribution in [0.4, 0.5) is 0 Å². The van der Waals surface area contributed by atoms with Crippen LogP contribution in [-0.4, -0.2) is 18.6 Å². The van der Waals surface area contributed by atoms with Gasteiger partial charge in [-0.25, -0.2) is 0 Å². The lowest BCUT2D eigenvalue weighted by Crippen LogP contribution is -2.16. The van der Waals surface area contributed by atoms with Crippen molar-refractivity contribution in [3.8, 4) is 5.75 Å². The van der Waals surface area contributed by atoms with Crippen molar-refractivity contribution in [3.05, 3.63) is 28.8 Å². The van der Waals surface area contributed by atoms with Crippen LogP contribution in [0, 0.1) is 13.8 Å². The number of aryl methyl sites for hydroxylation is 2. The van der Waals surface area contributed by atoms with E-state index >= 15 is 0 Å². The molecule has 0 aromatic heterocycles. The van der Waals surface area contributed by atoms with E-state index in [1.807, 2.05) is 11.8 Å². The summed E-state index contributed by atoms with van der Waals surface area (Å²) in [5.74, 6) is 2.96. The SMILES string of the molecule is CCSCC(N)c1c(C)cc(C)cc1OC. The molecule has 0 aliphatic rings. The number of benzene rings is 1. The topological polar surface area (TPSA) is 35.2 Å². The Morgan fingerprint density at radius 1 is 1.38 bits per heavy atom. The number of hydrogen-bond donors (Lipinski definition) is 1. The number of ether oxygens (including phenoxy) is 1. The first-order valence-electron chi connectivity index (χ1n) is 5.58. The van der Waals surface area contributed by atoms with Gasteiger partial charge in [0, 0.05) is 17.4 Å². The van der Waals surface area contributed by atoms with Gasteiger partial charge in [-0.3, -0.25) is 0 Å². The molecule has 1 aromatic rings. The minimum Gasteiger partial charge on any atom is -0.496 e. The van der Waals surface area contributed by atoms with Gasteiger partial charge in [0.2, 0.25) is 0 Å². The summed E-state index contributed by atoms with van der Waals surface area (Å²) in [6, 6.07) is 4.27. The van der Waals surface area contributed by atoms with Gasteiger partial charge in [0.1, 0.15) is 5.75 Å². The highest BCUT2D eigenvalue weighted by molar-refractivity contribution is 7.99. The first-order valence-corrected chi connectivity index (χ1v) is 6.74. The normalized spacial score (nSPS) is 12.6. The molecule has 2 N–H and O–H groups in total. The molecular weight excluding hydrogens is 218 g/mol. The van der Waals surface area contributed by atoms with E-state index in [0.29, 0.717) is 0 Å². The minimum absolute atomic E-state index is 0.0560. The van der Waals surface area contributed by atoms with Gasteiger partial charge in [0.15, 0.2) is 0 Å². The summed E-state index contributed by atoms with van der Waals surface area (Å²) in [6.45, 7) is 6.32. The predicted molar refractivity (Wildman–Crippen MR) is 72.4 cm³/mol. The monoisotopic (exact) mass is 239 g/mol. The number of thioether (sulfide) groups is 1. The number of rotatable bonds is 5. The molecular formula is C13H21NOS. The average molecular weight is 239 g/mol. The largest absolute Gasteiger partial charge is 0.496 e. The third-order valence-corrected chi connectivity index (χ3v) is 3.59. The molecule has 0 saturated carbocycles. The second-order valence-electron chi connectivity index (χ2n) is 3.96. The van der Waals surface area contributed by atoms with E-state index < -0.39 is 0 Å². The van der Waals surface area contributed by atoms with Crippen molar-refractivity contribution in [2.45, 2.75) is 26.8 Å². The van der Waals surface area contributed by atoms with Gasteiger partial charge in [-0.15, -0.1) is 0 Å². The van der Waals surface area contributed by atoms with Gasteiger partial charge in [-0.05, 0) is 36.8 Å². The molecule has 0 fully saturated rings. The van der Waals surface area contributed by atoms with Crippen LogP contribution in [0.1, 0.15) is 29.7 Å². The highest BCUT2D eigenvalue weighted by Crippen LogP contribution is 2.30. The Morgan fingerprint density at radius 2 is 2.06 bits per heavy atom. The van der Waals surface area contributed by atoms with Crippen molar-refractivity contribution >= 4 is 11.8 Å². The second kappa shape index (κ2) is 6.16. The molecule has 0 aliphatic carbocycles. The maximum absolute atomic E-state index is 6.21. The maximum Gasteiger partial charge on any atom is 0.124 e. The summed E-state index contributed by atoms with van der Waals surface area (Å²) in [6.07, 6.45) is 0. The lowest BCUT2D eigenvalue weighted by molar-refractivity contribution is 0.406. The van der Waals surface area contributed by atoms with Gasteiger partial charge in [0.25, 0.3) is 0 Å². The lowest BCUT2D eigenvalue weighted by atomic mass is 9.99. The predicted octanol–water partition coefficient (Wildman–Crippen LogP) is 3.06. The fraction of sp³-hybridized carbons (Fsp3) is 0.538. The molecule has 0 saturated heterocycles. The Hall–Kier alpha value is -0.670. The molecule has 0 radical (unpaired) electrons. The third kappa shape index (κ3) is 3.16. The second-order valence-corrected chi connectivity index (χ2v) is 5.28. The highest BCUT2D eigenvalue weighted by Gasteiger charge is 2.15. The Bertz CT molecular complexity index is 352. The van der Waals surface area contributed by atoms with Crippen LogP contribution < -0.4 is 10.5 Å². The van der Waals surface area contributed by atoms with E-state index in [0.717, 1.165) is 22.8 Å². The summed E-state index contributed by atoms with van der Waals surface area (Å²) >= 11 is 1.86. The number of methoxy groups -OCH3 is 1. The molecule has 1 unspecified atom stereocenters. The van der Waals surface area contributed by atoms with E-state index in [9.17, 15) is 0 Å². The van der Waals surface area contributed by atoms with Crippen LogP contribution in [0.25, 0.3) is 0 Å². The standard InChI is InChI=1S/C13H21NOS/c1-5-16-8-11(14)13-10(3)6-9(2)7-12(13)15-4/h6-7,11H,5,8,14H2,1-4H3. The van der Waals surface area contributed by atoms with Crippen molar-refractivity contribution in [2.75, 3.05) is 18.6 Å². The summed E-state index contributed by atoms with van der Waals surface area (Å²) in [4.78, 5) is 0. The van der Waals surface area contributed by atoms with Crippen LogP contribution in [0.2, 0.25) is 0 Å². The van der Waals surface area contributed by atoms with Crippen LogP contribution >= 0.6 is 11.8 Å². The van der Waals surface area contributed by atoms with Crippen molar-refractivity contribution in [1.82, 2.24) is 0 Å². The smallest absolute Gasteiger partial charge is 0.124 e. The molecule has 0 aliphatic heterocycles. The van der Waals surface area contributed by atoms with E-state index in [2.05, 4.69) is 32.9 Å². The molecule has 0 amide bonds. The summed E-state index contributed by atoms with van der Waals surface area (Å²) in [5, 5.41) is 0. The zero-order chi connectivity index (χ0) is 12.1. The van der Waals surface area contributed by atoms with Crippen LogP contribution in [-0.2, 0) is 0 Å². The Kier molecular flexibility index (Phi) is 5.16. The zero-order valence-electron chi connectivity index (χ0n) is 10.5. The van der Waals surface area contributed by atoms with Crippen molar-refractivity contribution < 1.29 is 4.74 Å². The molecule has 0 heterocycles. The van der Waals surface area contributed by atoms with Crippen LogP contribution in [0.15, 0.2) is 12.1 Å². The van der Waals surface area contributed by atoms with Crippen LogP contribution in [0.5, 0.6) is 5.75 Å². The van der Waals surface area contributed by atoms with Gasteiger partial charge >= 0.3 is 0 Å². The number of hydrogen-bond acceptors (Lipinski definition) is 3. The molecule has 3 heteroatoms. The fourth-order valence-corrected chi connectivity index (χ4v) is 2.57. The molecule has 1 rings (SSSR count). The molecule has 2 nitrogen and oxygen atoms in total. The fourth-order valence-electron chi connectivity index (χ4n) is 1.91. The molecule has 90 valence electrons. The highest BCUT2D eigenvalue weighted by atomic mass is 32.2. The van der Waals surface area contributed by atoms with Gasteiger partial charge < -0.3 is 10.5 Å². The van der Waals surface area contributed by atoms with Gasteiger partial charge in [-0.2, -0.15) is 11.8 Å². The van der Waals surface area contributed by atoms with E-state index in [4.69, 9.17) is 10.5 Å². The van der Waals surface area contributed by atoms with Gasteiger partial charge in [-0.1, -0.05) is 13.0 Å². The van der Waals surface area contributed by atoms with E-state index in [-0.39, 0.29) is 6.04 Å². The lowest BCUT2D eigenvalue weighted by Gasteiger charge is -2.18. The Morgan fingerprint density at radius 3 is 2.62 bits per heavy atom. The van der Waals surface area contributed by atoms with Crippen LogP contribution in [0.3, 0.4) is 0 Å². The maximum atomic E-state index is 6.21. The van der Waals surface area contributed by atoms with E-state index in [1.54, 1.807) is 7.11 Å². The van der Waals surface area contributed by atoms with E-state index in [1.165, 1.54) is 11.1 Å². The number of nitrogens with two attached hydrogens (primary N) is 1. The summed E-state index contributed by atoms with van der Waals surface area (Å²) in [5.41, 5.74) is 9.79. The summed E-state index contributed by atoms with van der Waals surface area (Å²) < 4.78 is 5.42. The third-order valence-electron chi connectivity index (χ3n) is 2.59. The molecule has 1 atom stereocenters. The van der Waals surface area contributed by atoms with Crippen molar-refractivity contribution in [3.63, 3.8) is 0 Å². The van der Waals surface area contributed by atoms with Crippen molar-refractivity contribution in [1.29, 1.82) is 0 Å². The van der Waals surface area contributed by atoms with Gasteiger partial charge in [0.05, 0.1) is 7.11 Å². The molecule has 16 heavy (non-hydrogen) atoms.